The molecule has 0 aliphatic heterocycles. The second-order valence-electron chi connectivity index (χ2n) is 7.00. The molecule has 4 rings (SSSR count). The zero-order chi connectivity index (χ0) is 24.6. The van der Waals surface area contributed by atoms with E-state index >= 15 is 0 Å². The van der Waals surface area contributed by atoms with Gasteiger partial charge < -0.3 is 4.74 Å². The highest BCUT2D eigenvalue weighted by Crippen LogP contribution is 2.29. The van der Waals surface area contributed by atoms with Crippen LogP contribution in [0.1, 0.15) is 6.92 Å². The summed E-state index contributed by atoms with van der Waals surface area (Å²) in [6.45, 7) is 1.86. The lowest BCUT2D eigenvalue weighted by atomic mass is 10.2. The number of thioether (sulfide) groups is 1. The van der Waals surface area contributed by atoms with Crippen molar-refractivity contribution in [3.05, 3.63) is 95.0 Å². The monoisotopic (exact) mass is 488 g/mol. The van der Waals surface area contributed by atoms with Crippen LogP contribution in [-0.2, 0) is 9.53 Å². The molecule has 1 N–H and O–H groups in total. The Labute approximate surface area is 204 Å². The molecule has 0 radical (unpaired) electrons. The van der Waals surface area contributed by atoms with Gasteiger partial charge in [-0.3, -0.25) is 20.1 Å². The quantitative estimate of drug-likeness (QED) is 0.0970. The molecule has 0 atom stereocenters. The summed E-state index contributed by atoms with van der Waals surface area (Å²) in [6.07, 6.45) is 0. The van der Waals surface area contributed by atoms with E-state index in [-0.39, 0.29) is 17.3 Å². The van der Waals surface area contributed by atoms with Gasteiger partial charge in [0.25, 0.3) is 5.69 Å². The number of anilines is 1. The number of carbonyl (C=O) groups excluding carboxylic acids is 1. The van der Waals surface area contributed by atoms with Crippen LogP contribution in [0.5, 0.6) is 0 Å². The molecule has 0 amide bonds. The number of para-hydroxylation sites is 1. The zero-order valence-electron chi connectivity index (χ0n) is 18.6. The molecule has 0 aliphatic carbocycles. The summed E-state index contributed by atoms with van der Waals surface area (Å²) in [6, 6.07) is 24.8. The highest BCUT2D eigenvalue weighted by atomic mass is 32.2. The zero-order valence-corrected chi connectivity index (χ0v) is 19.4. The fraction of sp³-hybridized carbons (Fsp3) is 0.0833. The van der Waals surface area contributed by atoms with E-state index in [0.29, 0.717) is 16.7 Å². The number of hydrogen-bond donors (Lipinski definition) is 1. The molecule has 1 heterocycles. The normalized spacial score (nSPS) is 11.2. The first kappa shape index (κ1) is 23.6. The number of nitro benzene ring substituents is 1. The summed E-state index contributed by atoms with van der Waals surface area (Å²) in [5.41, 5.74) is 4.83. The maximum atomic E-state index is 12.7. The molecule has 176 valence electrons. The fourth-order valence-electron chi connectivity index (χ4n) is 3.08. The summed E-state index contributed by atoms with van der Waals surface area (Å²) in [5, 5.41) is 24.2. The van der Waals surface area contributed by atoms with E-state index < -0.39 is 10.9 Å². The van der Waals surface area contributed by atoms with Crippen molar-refractivity contribution in [1.29, 1.82) is 0 Å². The topological polar surface area (TPSA) is 125 Å². The molecule has 4 aromatic rings. The third kappa shape index (κ3) is 5.71. The van der Waals surface area contributed by atoms with Crippen molar-refractivity contribution in [2.75, 3.05) is 12.0 Å². The maximum absolute atomic E-state index is 12.7. The number of nitrogens with one attached hydrogen (secondary N) is 1. The molecule has 0 fully saturated rings. The molecule has 1 aromatic heterocycles. The van der Waals surface area contributed by atoms with Crippen molar-refractivity contribution in [2.24, 2.45) is 5.10 Å². The number of aromatic nitrogens is 3. The van der Waals surface area contributed by atoms with Crippen LogP contribution in [0.3, 0.4) is 0 Å². The average molecular weight is 489 g/mol. The summed E-state index contributed by atoms with van der Waals surface area (Å²) in [4.78, 5) is 23.1. The predicted octanol–water partition coefficient (Wildman–Crippen LogP) is 4.92. The minimum Gasteiger partial charge on any atom is -0.461 e. The lowest BCUT2D eigenvalue weighted by Gasteiger charge is -2.11. The van der Waals surface area contributed by atoms with Gasteiger partial charge in [0.05, 0.1) is 17.2 Å². The lowest BCUT2D eigenvalue weighted by molar-refractivity contribution is -0.384. The Balaban J connectivity index is 1.70. The van der Waals surface area contributed by atoms with Gasteiger partial charge in [-0.2, -0.15) is 5.10 Å². The Kier molecular flexibility index (Phi) is 7.48. The van der Waals surface area contributed by atoms with Crippen LogP contribution in [-0.4, -0.2) is 37.3 Å². The van der Waals surface area contributed by atoms with E-state index in [1.807, 2.05) is 65.2 Å². The number of carbonyl (C=O) groups is 1. The highest BCUT2D eigenvalue weighted by molar-refractivity contribution is 8.15. The molecule has 0 spiro atoms. The van der Waals surface area contributed by atoms with E-state index in [9.17, 15) is 14.9 Å². The van der Waals surface area contributed by atoms with Gasteiger partial charge in [-0.25, -0.2) is 4.79 Å². The van der Waals surface area contributed by atoms with Gasteiger partial charge in [-0.15, -0.1) is 10.2 Å². The van der Waals surface area contributed by atoms with Crippen LogP contribution in [0.15, 0.2) is 95.2 Å². The van der Waals surface area contributed by atoms with Gasteiger partial charge in [0, 0.05) is 23.4 Å². The number of hydrazone groups is 1. The van der Waals surface area contributed by atoms with E-state index in [0.717, 1.165) is 23.0 Å². The molecule has 10 nitrogen and oxygen atoms in total. The highest BCUT2D eigenvalue weighted by Gasteiger charge is 2.22. The Morgan fingerprint density at radius 3 is 2.31 bits per heavy atom. The number of nitrogens with zero attached hydrogens (tertiary/aromatic N) is 5. The van der Waals surface area contributed by atoms with Crippen LogP contribution < -0.4 is 5.43 Å². The van der Waals surface area contributed by atoms with Gasteiger partial charge in [0.1, 0.15) is 0 Å². The van der Waals surface area contributed by atoms with Crippen LogP contribution >= 0.6 is 11.8 Å². The number of esters is 1. The smallest absolute Gasteiger partial charge is 0.365 e. The number of nitro groups is 1. The molecule has 0 aliphatic rings. The Hall–Kier alpha value is -4.51. The second-order valence-corrected chi connectivity index (χ2v) is 7.95. The van der Waals surface area contributed by atoms with Gasteiger partial charge in [0.2, 0.25) is 10.2 Å². The summed E-state index contributed by atoms with van der Waals surface area (Å²) in [7, 11) is 0. The van der Waals surface area contributed by atoms with Crippen molar-refractivity contribution in [3.8, 4) is 17.1 Å². The van der Waals surface area contributed by atoms with Crippen molar-refractivity contribution < 1.29 is 14.5 Å². The van der Waals surface area contributed by atoms with E-state index in [1.165, 1.54) is 24.3 Å². The number of non-ortho nitro benzene ring substituents is 1. The van der Waals surface area contributed by atoms with E-state index in [4.69, 9.17) is 4.74 Å². The van der Waals surface area contributed by atoms with Crippen molar-refractivity contribution >= 4 is 34.1 Å². The lowest BCUT2D eigenvalue weighted by Crippen LogP contribution is -2.17. The van der Waals surface area contributed by atoms with Gasteiger partial charge in [0.15, 0.2) is 5.82 Å². The first-order chi connectivity index (χ1) is 17.1. The summed E-state index contributed by atoms with van der Waals surface area (Å²) >= 11 is 0.995. The van der Waals surface area contributed by atoms with Gasteiger partial charge in [-0.05, 0) is 43.0 Å². The second kappa shape index (κ2) is 11.1. The predicted molar refractivity (Wildman–Crippen MR) is 133 cm³/mol. The standard InChI is InChI=1S/C24H20N6O4S/c1-2-34-23(31)22(27-25-18-13-15-20(16-14-18)30(32)33)35-24-28-26-21(17-9-5-3-6-10-17)29(24)19-11-7-4-8-12-19/h3-16,25H,2H2,1H3. The summed E-state index contributed by atoms with van der Waals surface area (Å²) < 4.78 is 7.01. The van der Waals surface area contributed by atoms with Crippen LogP contribution in [0.4, 0.5) is 11.4 Å². The number of ether oxygens (including phenoxy) is 1. The molecule has 0 unspecified atom stereocenters. The first-order valence-electron chi connectivity index (χ1n) is 10.6. The van der Waals surface area contributed by atoms with Crippen molar-refractivity contribution in [3.63, 3.8) is 0 Å². The first-order valence-corrected chi connectivity index (χ1v) is 11.4. The Morgan fingerprint density at radius 1 is 1.03 bits per heavy atom. The van der Waals surface area contributed by atoms with E-state index in [1.54, 1.807) is 6.92 Å². The minimum atomic E-state index is -0.643. The number of rotatable bonds is 7. The molecule has 0 bridgehead atoms. The molecule has 35 heavy (non-hydrogen) atoms. The fourth-order valence-corrected chi connectivity index (χ4v) is 3.85. The third-order valence-corrected chi connectivity index (χ3v) is 5.58. The average Bonchev–Trinajstić information content (AvgIpc) is 3.31. The van der Waals surface area contributed by atoms with Gasteiger partial charge in [-0.1, -0.05) is 48.5 Å². The molecule has 0 saturated carbocycles. The maximum Gasteiger partial charge on any atom is 0.365 e. The SMILES string of the molecule is CCOC(=O)C(=NNc1ccc([N+](=O)[O-])cc1)Sc1nnc(-c2ccccc2)n1-c1ccccc1. The van der Waals surface area contributed by atoms with Crippen molar-refractivity contribution in [2.45, 2.75) is 12.1 Å². The summed E-state index contributed by atoms with van der Waals surface area (Å²) in [5.74, 6) is -0.0402. The minimum absolute atomic E-state index is 0.00519. The van der Waals surface area contributed by atoms with Gasteiger partial charge >= 0.3 is 5.97 Å². The largest absolute Gasteiger partial charge is 0.461 e. The van der Waals surface area contributed by atoms with Crippen molar-refractivity contribution in [1.82, 2.24) is 14.8 Å². The van der Waals surface area contributed by atoms with E-state index in [2.05, 4.69) is 20.7 Å². The molecule has 3 aromatic carbocycles. The van der Waals surface area contributed by atoms with Crippen LogP contribution in [0, 0.1) is 10.1 Å². The molecule has 11 heteroatoms. The molecular formula is C24H20N6O4S. The van der Waals surface area contributed by atoms with Crippen LogP contribution in [0.25, 0.3) is 17.1 Å². The van der Waals surface area contributed by atoms with Crippen LogP contribution in [0.2, 0.25) is 0 Å². The number of benzene rings is 3. The third-order valence-electron chi connectivity index (χ3n) is 4.68. The number of hydrogen-bond acceptors (Lipinski definition) is 9. The Bertz CT molecular complexity index is 1340. The molecular weight excluding hydrogens is 468 g/mol. The molecule has 0 saturated heterocycles. The Morgan fingerprint density at radius 2 is 1.69 bits per heavy atom.